The molecule has 9 heteroatoms. The molecule has 0 aliphatic carbocycles. The van der Waals surface area contributed by atoms with Crippen molar-refractivity contribution in [2.24, 2.45) is 0 Å². The molecular formula is C14H18N6O2S. The predicted octanol–water partition coefficient (Wildman–Crippen LogP) is 0.868. The van der Waals surface area contributed by atoms with Gasteiger partial charge in [0.05, 0.1) is 17.5 Å². The highest BCUT2D eigenvalue weighted by atomic mass is 32.2. The molecule has 0 unspecified atom stereocenters. The first kappa shape index (κ1) is 16.9. The molecule has 0 atom stereocenters. The van der Waals surface area contributed by atoms with E-state index in [1.807, 2.05) is 13.0 Å². The molecule has 23 heavy (non-hydrogen) atoms. The summed E-state index contributed by atoms with van der Waals surface area (Å²) in [6, 6.07) is 5.29. The van der Waals surface area contributed by atoms with Crippen LogP contribution in [0.5, 0.6) is 0 Å². The lowest BCUT2D eigenvalue weighted by molar-refractivity contribution is 0.580. The Bertz CT molecular complexity index is 805. The normalized spacial score (nSPS) is 11.2. The summed E-state index contributed by atoms with van der Waals surface area (Å²) in [6.45, 7) is 4.83. The summed E-state index contributed by atoms with van der Waals surface area (Å²) in [6.07, 6.45) is 2.81. The average molecular weight is 334 g/mol. The van der Waals surface area contributed by atoms with Gasteiger partial charge in [-0.1, -0.05) is 0 Å². The number of sulfonamides is 1. The van der Waals surface area contributed by atoms with Gasteiger partial charge >= 0.3 is 0 Å². The van der Waals surface area contributed by atoms with Crippen molar-refractivity contribution in [1.82, 2.24) is 19.5 Å². The Hall–Kier alpha value is -2.44. The molecule has 0 saturated carbocycles. The molecule has 2 aromatic rings. The van der Waals surface area contributed by atoms with E-state index in [4.69, 9.17) is 5.26 Å². The zero-order chi connectivity index (χ0) is 16.9. The van der Waals surface area contributed by atoms with Crippen LogP contribution in [0.25, 0.3) is 0 Å². The van der Waals surface area contributed by atoms with Crippen molar-refractivity contribution in [3.8, 4) is 6.07 Å². The second-order valence-corrected chi connectivity index (χ2v) is 6.51. The first-order chi connectivity index (χ1) is 11.0. The van der Waals surface area contributed by atoms with Gasteiger partial charge in [-0.2, -0.15) is 10.4 Å². The van der Waals surface area contributed by atoms with Crippen LogP contribution in [0.2, 0.25) is 0 Å². The zero-order valence-corrected chi connectivity index (χ0v) is 13.8. The maximum Gasteiger partial charge on any atom is 0.244 e. The molecule has 2 aromatic heterocycles. The van der Waals surface area contributed by atoms with Gasteiger partial charge in [-0.15, -0.1) is 0 Å². The number of hydrogen-bond donors (Lipinski definition) is 2. The van der Waals surface area contributed by atoms with E-state index >= 15 is 0 Å². The number of hydrogen-bond acceptors (Lipinski definition) is 6. The first-order valence-electron chi connectivity index (χ1n) is 7.10. The van der Waals surface area contributed by atoms with Gasteiger partial charge in [0.25, 0.3) is 0 Å². The molecule has 0 aliphatic rings. The predicted molar refractivity (Wildman–Crippen MR) is 85.3 cm³/mol. The van der Waals surface area contributed by atoms with Crippen molar-refractivity contribution in [3.63, 3.8) is 0 Å². The van der Waals surface area contributed by atoms with Crippen molar-refractivity contribution in [1.29, 1.82) is 5.26 Å². The highest BCUT2D eigenvalue weighted by Gasteiger charge is 2.19. The highest BCUT2D eigenvalue weighted by Crippen LogP contribution is 2.13. The summed E-state index contributed by atoms with van der Waals surface area (Å²) >= 11 is 0. The van der Waals surface area contributed by atoms with Gasteiger partial charge in [0.15, 0.2) is 0 Å². The molecule has 122 valence electrons. The third-order valence-corrected chi connectivity index (χ3v) is 4.83. The Morgan fingerprint density at radius 2 is 2.09 bits per heavy atom. The van der Waals surface area contributed by atoms with Gasteiger partial charge in [-0.25, -0.2) is 18.1 Å². The molecule has 0 aromatic carbocycles. The van der Waals surface area contributed by atoms with Crippen molar-refractivity contribution >= 4 is 15.8 Å². The largest absolute Gasteiger partial charge is 0.369 e. The smallest absolute Gasteiger partial charge is 0.244 e. The Balaban J connectivity index is 1.89. The number of nitriles is 1. The topological polar surface area (TPSA) is 113 Å². The minimum absolute atomic E-state index is 0.191. The number of aryl methyl sites for hydroxylation is 1. The van der Waals surface area contributed by atoms with Gasteiger partial charge < -0.3 is 5.32 Å². The first-order valence-corrected chi connectivity index (χ1v) is 8.58. The third kappa shape index (κ3) is 4.06. The number of nitrogens with zero attached hydrogens (tertiary/aromatic N) is 4. The number of nitrogens with one attached hydrogen (secondary N) is 2. The van der Waals surface area contributed by atoms with Crippen LogP contribution in [-0.4, -0.2) is 36.3 Å². The molecule has 2 rings (SSSR count). The highest BCUT2D eigenvalue weighted by molar-refractivity contribution is 7.89. The van der Waals surface area contributed by atoms with E-state index in [0.29, 0.717) is 30.2 Å². The van der Waals surface area contributed by atoms with Crippen LogP contribution in [0.1, 0.15) is 18.2 Å². The van der Waals surface area contributed by atoms with Crippen LogP contribution in [0, 0.1) is 18.3 Å². The van der Waals surface area contributed by atoms with Gasteiger partial charge in [0.1, 0.15) is 16.8 Å². The summed E-state index contributed by atoms with van der Waals surface area (Å²) in [4.78, 5) is 4.24. The SMILES string of the molecule is CCn1ncc(S(=O)(=O)NCCNc2ccc(C#N)cn2)c1C. The van der Waals surface area contributed by atoms with Crippen molar-refractivity contribution in [2.45, 2.75) is 25.3 Å². The molecular weight excluding hydrogens is 316 g/mol. The Morgan fingerprint density at radius 3 is 2.65 bits per heavy atom. The van der Waals surface area contributed by atoms with Crippen LogP contribution in [0.15, 0.2) is 29.4 Å². The van der Waals surface area contributed by atoms with E-state index in [-0.39, 0.29) is 11.4 Å². The standard InChI is InChI=1S/C14H18N6O2S/c1-3-20-11(2)13(10-18-20)23(21,22)19-7-6-16-14-5-4-12(8-15)9-17-14/h4-5,9-10,19H,3,6-7H2,1-2H3,(H,16,17). The summed E-state index contributed by atoms with van der Waals surface area (Å²) in [7, 11) is -3.58. The monoisotopic (exact) mass is 334 g/mol. The van der Waals surface area contributed by atoms with Crippen LogP contribution in [-0.2, 0) is 16.6 Å². The number of pyridine rings is 1. The van der Waals surface area contributed by atoms with Gasteiger partial charge in [0, 0.05) is 25.8 Å². The lowest BCUT2D eigenvalue weighted by Crippen LogP contribution is -2.29. The molecule has 0 amide bonds. The van der Waals surface area contributed by atoms with Crippen LogP contribution < -0.4 is 10.0 Å². The summed E-state index contributed by atoms with van der Waals surface area (Å²) in [5.41, 5.74) is 1.08. The Labute approximate surface area is 135 Å². The third-order valence-electron chi connectivity index (χ3n) is 3.26. The molecule has 0 spiro atoms. The fourth-order valence-electron chi connectivity index (χ4n) is 2.03. The lowest BCUT2D eigenvalue weighted by Gasteiger charge is -2.08. The molecule has 0 fully saturated rings. The van der Waals surface area contributed by atoms with Crippen molar-refractivity contribution < 1.29 is 8.42 Å². The van der Waals surface area contributed by atoms with E-state index in [0.717, 1.165) is 0 Å². The molecule has 8 nitrogen and oxygen atoms in total. The van der Waals surface area contributed by atoms with Crippen LogP contribution >= 0.6 is 0 Å². The maximum atomic E-state index is 12.2. The number of rotatable bonds is 7. The molecule has 0 aliphatic heterocycles. The molecule has 0 bridgehead atoms. The van der Waals surface area contributed by atoms with Crippen LogP contribution in [0.3, 0.4) is 0 Å². The number of anilines is 1. The van der Waals surface area contributed by atoms with E-state index in [1.54, 1.807) is 23.7 Å². The van der Waals surface area contributed by atoms with E-state index in [9.17, 15) is 8.42 Å². The van der Waals surface area contributed by atoms with Crippen molar-refractivity contribution in [2.75, 3.05) is 18.4 Å². The molecule has 0 saturated heterocycles. The molecule has 2 heterocycles. The zero-order valence-electron chi connectivity index (χ0n) is 12.9. The van der Waals surface area contributed by atoms with E-state index < -0.39 is 10.0 Å². The quantitative estimate of drug-likeness (QED) is 0.726. The molecule has 2 N–H and O–H groups in total. The Morgan fingerprint density at radius 1 is 1.30 bits per heavy atom. The van der Waals surface area contributed by atoms with Gasteiger partial charge in [-0.3, -0.25) is 4.68 Å². The second kappa shape index (κ2) is 7.21. The van der Waals surface area contributed by atoms with Crippen LogP contribution in [0.4, 0.5) is 5.82 Å². The summed E-state index contributed by atoms with van der Waals surface area (Å²) in [5, 5.41) is 15.7. The fourth-order valence-corrected chi connectivity index (χ4v) is 3.24. The minimum atomic E-state index is -3.58. The van der Waals surface area contributed by atoms with E-state index in [1.165, 1.54) is 12.4 Å². The summed E-state index contributed by atoms with van der Waals surface area (Å²) in [5.74, 6) is 0.582. The van der Waals surface area contributed by atoms with Gasteiger partial charge in [0.2, 0.25) is 10.0 Å². The Kier molecular flexibility index (Phi) is 5.31. The second-order valence-electron chi connectivity index (χ2n) is 4.78. The fraction of sp³-hybridized carbons (Fsp3) is 0.357. The number of aromatic nitrogens is 3. The average Bonchev–Trinajstić information content (AvgIpc) is 2.94. The molecule has 0 radical (unpaired) electrons. The minimum Gasteiger partial charge on any atom is -0.369 e. The maximum absolute atomic E-state index is 12.2. The van der Waals surface area contributed by atoms with E-state index in [2.05, 4.69) is 20.1 Å². The van der Waals surface area contributed by atoms with Crippen molar-refractivity contribution in [3.05, 3.63) is 35.8 Å². The van der Waals surface area contributed by atoms with Gasteiger partial charge in [-0.05, 0) is 26.0 Å². The lowest BCUT2D eigenvalue weighted by atomic mass is 10.3. The summed E-state index contributed by atoms with van der Waals surface area (Å²) < 4.78 is 28.6.